The van der Waals surface area contributed by atoms with E-state index in [0.717, 1.165) is 0 Å². The molecule has 0 saturated heterocycles. The van der Waals surface area contributed by atoms with Gasteiger partial charge in [0.25, 0.3) is 0 Å². The zero-order chi connectivity index (χ0) is 23.3. The summed E-state index contributed by atoms with van der Waals surface area (Å²) in [5.74, 6) is 0.196. The molecule has 1 heterocycles. The van der Waals surface area contributed by atoms with E-state index in [1.807, 2.05) is 30.3 Å². The van der Waals surface area contributed by atoms with Crippen LogP contribution in [0, 0.1) is 5.82 Å². The van der Waals surface area contributed by atoms with Crippen molar-refractivity contribution in [2.75, 3.05) is 10.6 Å². The predicted molar refractivity (Wildman–Crippen MR) is 128 cm³/mol. The fraction of sp³-hybridized carbons (Fsp3) is 0.160. The number of para-hydroxylation sites is 1. The molecule has 0 aliphatic rings. The molecule has 2 amide bonds. The topological polar surface area (TPSA) is 76.1 Å². The zero-order valence-corrected chi connectivity index (χ0v) is 19.0. The Kier molecular flexibility index (Phi) is 6.65. The van der Waals surface area contributed by atoms with Gasteiger partial charge in [-0.15, -0.1) is 10.2 Å². The highest BCUT2D eigenvalue weighted by molar-refractivity contribution is 7.15. The van der Waals surface area contributed by atoms with Crippen LogP contribution < -0.4 is 15.4 Å². The summed E-state index contributed by atoms with van der Waals surface area (Å²) in [4.78, 5) is 12.1. The van der Waals surface area contributed by atoms with Crippen LogP contribution in [0.5, 0.6) is 5.75 Å². The van der Waals surface area contributed by atoms with E-state index in [-0.39, 0.29) is 17.7 Å². The molecule has 0 aliphatic carbocycles. The summed E-state index contributed by atoms with van der Waals surface area (Å²) in [7, 11) is 0. The highest BCUT2D eigenvalue weighted by Gasteiger charge is 2.22. The molecule has 0 saturated carbocycles. The van der Waals surface area contributed by atoms with E-state index < -0.39 is 11.8 Å². The number of ether oxygens (including phenoxy) is 1. The average Bonchev–Trinajstić information content (AvgIpc) is 3.27. The summed E-state index contributed by atoms with van der Waals surface area (Å²) >= 11 is 1.19. The normalized spacial score (nSPS) is 11.1. The number of nitrogens with zero attached hydrogens (tertiary/aromatic N) is 2. The average molecular weight is 463 g/mol. The minimum atomic E-state index is -0.597. The van der Waals surface area contributed by atoms with Gasteiger partial charge in [-0.3, -0.25) is 5.32 Å². The second-order valence-electron chi connectivity index (χ2n) is 7.86. The van der Waals surface area contributed by atoms with E-state index in [4.69, 9.17) is 4.74 Å². The number of carbonyl (C=O) groups is 1. The van der Waals surface area contributed by atoms with E-state index in [2.05, 4.69) is 58.9 Å². The fourth-order valence-corrected chi connectivity index (χ4v) is 3.96. The Bertz CT molecular complexity index is 1230. The molecular formula is C25H23FN4O2S. The third-order valence-electron chi connectivity index (χ3n) is 5.24. The predicted octanol–water partition coefficient (Wildman–Crippen LogP) is 6.23. The van der Waals surface area contributed by atoms with Gasteiger partial charge < -0.3 is 10.1 Å². The molecule has 4 aromatic rings. The van der Waals surface area contributed by atoms with Gasteiger partial charge in [-0.1, -0.05) is 79.8 Å². The van der Waals surface area contributed by atoms with Crippen molar-refractivity contribution in [3.63, 3.8) is 0 Å². The minimum absolute atomic E-state index is 0.0851. The lowest BCUT2D eigenvalue weighted by Gasteiger charge is -2.26. The van der Waals surface area contributed by atoms with Crippen molar-refractivity contribution >= 4 is 28.2 Å². The lowest BCUT2D eigenvalue weighted by Crippen LogP contribution is -2.19. The number of amides is 2. The van der Waals surface area contributed by atoms with E-state index in [1.54, 1.807) is 12.1 Å². The van der Waals surface area contributed by atoms with Crippen LogP contribution >= 0.6 is 11.3 Å². The maximum Gasteiger partial charge on any atom is 0.325 e. The lowest BCUT2D eigenvalue weighted by molar-refractivity contribution is 0.262. The first-order valence-electron chi connectivity index (χ1n) is 10.4. The number of hydrogen-bond acceptors (Lipinski definition) is 5. The number of rotatable bonds is 7. The SMILES string of the molecule is CC(C)(c1ccccc1)c1ccc(OCc2nnc(NC(=O)Nc3ccccc3F)s2)cc1. The van der Waals surface area contributed by atoms with Crippen molar-refractivity contribution in [1.82, 2.24) is 10.2 Å². The maximum absolute atomic E-state index is 13.6. The Morgan fingerprint density at radius 3 is 2.30 bits per heavy atom. The largest absolute Gasteiger partial charge is 0.486 e. The number of aromatic nitrogens is 2. The second-order valence-corrected chi connectivity index (χ2v) is 8.93. The van der Waals surface area contributed by atoms with Gasteiger partial charge in [-0.25, -0.2) is 9.18 Å². The Morgan fingerprint density at radius 1 is 0.909 bits per heavy atom. The monoisotopic (exact) mass is 462 g/mol. The van der Waals surface area contributed by atoms with Gasteiger partial charge >= 0.3 is 6.03 Å². The maximum atomic E-state index is 13.6. The number of hydrogen-bond donors (Lipinski definition) is 2. The van der Waals surface area contributed by atoms with Gasteiger partial charge in [0.2, 0.25) is 5.13 Å². The van der Waals surface area contributed by atoms with Gasteiger partial charge in [0.05, 0.1) is 5.69 Å². The van der Waals surface area contributed by atoms with Crippen LogP contribution in [0.15, 0.2) is 78.9 Å². The molecule has 6 nitrogen and oxygen atoms in total. The van der Waals surface area contributed by atoms with E-state index >= 15 is 0 Å². The fourth-order valence-electron chi connectivity index (χ4n) is 3.31. The number of benzene rings is 3. The summed E-state index contributed by atoms with van der Waals surface area (Å²) in [5, 5.41) is 13.8. The third kappa shape index (κ3) is 5.53. The molecule has 0 bridgehead atoms. The van der Waals surface area contributed by atoms with E-state index in [9.17, 15) is 9.18 Å². The number of urea groups is 1. The number of anilines is 2. The van der Waals surface area contributed by atoms with Crippen molar-refractivity contribution in [2.45, 2.75) is 25.9 Å². The van der Waals surface area contributed by atoms with Crippen LogP contribution in [0.4, 0.5) is 20.0 Å². The quantitative estimate of drug-likeness (QED) is 0.342. The van der Waals surface area contributed by atoms with E-state index in [0.29, 0.717) is 15.9 Å². The molecule has 0 radical (unpaired) electrons. The van der Waals surface area contributed by atoms with Crippen molar-refractivity contribution < 1.29 is 13.9 Å². The number of nitrogens with one attached hydrogen (secondary N) is 2. The zero-order valence-electron chi connectivity index (χ0n) is 18.2. The molecule has 2 N–H and O–H groups in total. The third-order valence-corrected chi connectivity index (χ3v) is 6.06. The smallest absolute Gasteiger partial charge is 0.325 e. The molecule has 8 heteroatoms. The van der Waals surface area contributed by atoms with Crippen molar-refractivity contribution in [1.29, 1.82) is 0 Å². The van der Waals surface area contributed by atoms with Gasteiger partial charge in [-0.05, 0) is 35.4 Å². The van der Waals surface area contributed by atoms with Gasteiger partial charge in [0.15, 0.2) is 5.01 Å². The van der Waals surface area contributed by atoms with Crippen LogP contribution in [-0.2, 0) is 12.0 Å². The number of carbonyl (C=O) groups excluding carboxylic acids is 1. The molecule has 4 rings (SSSR count). The Labute approximate surface area is 195 Å². The molecule has 3 aromatic carbocycles. The molecule has 1 aromatic heterocycles. The summed E-state index contributed by atoms with van der Waals surface area (Å²) < 4.78 is 19.5. The molecule has 0 fully saturated rings. The highest BCUT2D eigenvalue weighted by Crippen LogP contribution is 2.32. The van der Waals surface area contributed by atoms with E-state index in [1.165, 1.54) is 34.6 Å². The molecule has 0 aliphatic heterocycles. The first-order chi connectivity index (χ1) is 15.9. The molecule has 0 spiro atoms. The van der Waals surface area contributed by atoms with Crippen LogP contribution in [0.2, 0.25) is 0 Å². The summed E-state index contributed by atoms with van der Waals surface area (Å²) in [6.07, 6.45) is 0. The summed E-state index contributed by atoms with van der Waals surface area (Å²) in [5.41, 5.74) is 2.39. The van der Waals surface area contributed by atoms with Gasteiger partial charge in [-0.2, -0.15) is 0 Å². The number of halogens is 1. The van der Waals surface area contributed by atoms with Crippen LogP contribution in [-0.4, -0.2) is 16.2 Å². The second kappa shape index (κ2) is 9.79. The van der Waals surface area contributed by atoms with Crippen LogP contribution in [0.1, 0.15) is 30.0 Å². The van der Waals surface area contributed by atoms with Crippen LogP contribution in [0.3, 0.4) is 0 Å². The first-order valence-corrected chi connectivity index (χ1v) is 11.2. The molecule has 0 unspecified atom stereocenters. The van der Waals surface area contributed by atoms with Crippen molar-refractivity contribution in [3.05, 3.63) is 101 Å². The highest BCUT2D eigenvalue weighted by atomic mass is 32.1. The molecule has 33 heavy (non-hydrogen) atoms. The van der Waals surface area contributed by atoms with Crippen molar-refractivity contribution in [3.8, 4) is 5.75 Å². The van der Waals surface area contributed by atoms with Crippen molar-refractivity contribution in [2.24, 2.45) is 0 Å². The summed E-state index contributed by atoms with van der Waals surface area (Å²) in [6, 6.07) is 23.7. The van der Waals surface area contributed by atoms with Crippen LogP contribution in [0.25, 0.3) is 0 Å². The molecule has 168 valence electrons. The Morgan fingerprint density at radius 2 is 1.58 bits per heavy atom. The lowest BCUT2D eigenvalue weighted by atomic mass is 9.78. The molecule has 0 atom stereocenters. The first kappa shape index (κ1) is 22.4. The minimum Gasteiger partial charge on any atom is -0.486 e. The Hall–Kier alpha value is -3.78. The standard InChI is InChI=1S/C25H23FN4O2S/c1-25(2,17-8-4-3-5-9-17)18-12-14-19(15-13-18)32-16-22-29-30-24(33-22)28-23(31)27-21-11-7-6-10-20(21)26/h3-15H,16H2,1-2H3,(H2,27,28,30,31). The van der Waals surface area contributed by atoms with Gasteiger partial charge in [0, 0.05) is 5.41 Å². The molecular weight excluding hydrogens is 439 g/mol. The summed E-state index contributed by atoms with van der Waals surface area (Å²) in [6.45, 7) is 4.60. The Balaban J connectivity index is 1.32. The van der Waals surface area contributed by atoms with Gasteiger partial charge in [0.1, 0.15) is 18.2 Å².